The second-order valence-corrected chi connectivity index (χ2v) is 6.16. The van der Waals surface area contributed by atoms with E-state index in [-0.39, 0.29) is 11.9 Å². The average Bonchev–Trinajstić information content (AvgIpc) is 2.40. The molecule has 1 aliphatic rings. The van der Waals surface area contributed by atoms with E-state index < -0.39 is 5.60 Å². The van der Waals surface area contributed by atoms with Gasteiger partial charge in [-0.3, -0.25) is 4.79 Å². The highest BCUT2D eigenvalue weighted by Gasteiger charge is 2.28. The first kappa shape index (κ1) is 15.3. The van der Waals surface area contributed by atoms with Gasteiger partial charge in [0.2, 0.25) is 0 Å². The Bertz CT molecular complexity index is 555. The summed E-state index contributed by atoms with van der Waals surface area (Å²) in [4.78, 5) is 25.7. The number of benzene rings is 1. The summed E-state index contributed by atoms with van der Waals surface area (Å²) < 4.78 is 5.36. The summed E-state index contributed by atoms with van der Waals surface area (Å²) in [5.74, 6) is 0.0960. The molecule has 1 fully saturated rings. The van der Waals surface area contributed by atoms with Gasteiger partial charge in [0.15, 0.2) is 5.78 Å². The quantitative estimate of drug-likeness (QED) is 0.745. The number of carbonyl (C=O) groups is 2. The number of hydrogen-bond donors (Lipinski definition) is 0. The molecule has 0 spiro atoms. The Morgan fingerprint density at radius 3 is 2.52 bits per heavy atom. The smallest absolute Gasteiger partial charge is 0.410 e. The van der Waals surface area contributed by atoms with Crippen LogP contribution in [0.3, 0.4) is 0 Å². The van der Waals surface area contributed by atoms with Crippen molar-refractivity contribution in [1.29, 1.82) is 0 Å². The van der Waals surface area contributed by atoms with E-state index in [1.165, 1.54) is 0 Å². The lowest BCUT2D eigenvalue weighted by molar-refractivity contribution is -0.117. The summed E-state index contributed by atoms with van der Waals surface area (Å²) in [6.07, 6.45) is 1.82. The highest BCUT2D eigenvalue weighted by atomic mass is 16.6. The van der Waals surface area contributed by atoms with Gasteiger partial charge in [-0.15, -0.1) is 0 Å². The highest BCUT2D eigenvalue weighted by molar-refractivity contribution is 6.01. The fraction of sp³-hybridized carbons (Fsp3) is 0.412. The zero-order valence-corrected chi connectivity index (χ0v) is 12.8. The molecule has 1 aliphatic heterocycles. The molecule has 0 aliphatic carbocycles. The largest absolute Gasteiger partial charge is 0.444 e. The van der Waals surface area contributed by atoms with Gasteiger partial charge in [0.05, 0.1) is 6.54 Å². The van der Waals surface area contributed by atoms with Crippen LogP contribution in [0.15, 0.2) is 35.9 Å². The van der Waals surface area contributed by atoms with Crippen LogP contribution in [0, 0.1) is 0 Å². The molecule has 4 nitrogen and oxygen atoms in total. The third-order valence-electron chi connectivity index (χ3n) is 3.12. The Hall–Kier alpha value is -2.10. The number of piperidine rings is 1. The summed E-state index contributed by atoms with van der Waals surface area (Å²) in [7, 11) is 0. The Kier molecular flexibility index (Phi) is 4.46. The minimum Gasteiger partial charge on any atom is -0.444 e. The number of nitrogens with zero attached hydrogens (tertiary/aromatic N) is 1. The number of carbonyl (C=O) groups excluding carboxylic acids is 2. The predicted molar refractivity (Wildman–Crippen MR) is 81.9 cm³/mol. The van der Waals surface area contributed by atoms with Crippen molar-refractivity contribution in [2.45, 2.75) is 32.8 Å². The molecule has 0 bridgehead atoms. The molecule has 0 N–H and O–H groups in total. The van der Waals surface area contributed by atoms with E-state index in [1.807, 2.05) is 57.2 Å². The SMILES string of the molecule is CC(C)(C)OC(=O)N1CCC(=O)/C(=C\c2ccccc2)C1. The van der Waals surface area contributed by atoms with E-state index in [0.29, 0.717) is 25.1 Å². The lowest BCUT2D eigenvalue weighted by Crippen LogP contribution is -2.42. The predicted octanol–water partition coefficient (Wildman–Crippen LogP) is 3.28. The van der Waals surface area contributed by atoms with E-state index in [9.17, 15) is 9.59 Å². The number of ketones is 1. The molecule has 2 rings (SSSR count). The lowest BCUT2D eigenvalue weighted by atomic mass is 10.0. The topological polar surface area (TPSA) is 46.6 Å². The Labute approximate surface area is 125 Å². The monoisotopic (exact) mass is 287 g/mol. The van der Waals surface area contributed by atoms with Crippen LogP contribution in [0.2, 0.25) is 0 Å². The standard InChI is InChI=1S/C17H21NO3/c1-17(2,3)21-16(20)18-10-9-15(19)14(12-18)11-13-7-5-4-6-8-13/h4-8,11H,9-10,12H2,1-3H3/b14-11-. The Balaban J connectivity index is 2.11. The van der Waals surface area contributed by atoms with Gasteiger partial charge >= 0.3 is 6.09 Å². The maximum absolute atomic E-state index is 12.1. The first-order chi connectivity index (χ1) is 9.85. The molecule has 112 valence electrons. The van der Waals surface area contributed by atoms with Crippen LogP contribution < -0.4 is 0 Å². The van der Waals surface area contributed by atoms with E-state index >= 15 is 0 Å². The summed E-state index contributed by atoms with van der Waals surface area (Å²) in [5.41, 5.74) is 1.09. The zero-order chi connectivity index (χ0) is 15.5. The van der Waals surface area contributed by atoms with Crippen LogP contribution in [-0.4, -0.2) is 35.5 Å². The highest BCUT2D eigenvalue weighted by Crippen LogP contribution is 2.18. The van der Waals surface area contributed by atoms with Gasteiger partial charge in [0.25, 0.3) is 0 Å². The van der Waals surface area contributed by atoms with Crippen LogP contribution >= 0.6 is 0 Å². The molecule has 4 heteroatoms. The van der Waals surface area contributed by atoms with Gasteiger partial charge in [-0.05, 0) is 32.4 Å². The number of amides is 1. The van der Waals surface area contributed by atoms with Gasteiger partial charge in [-0.1, -0.05) is 30.3 Å². The van der Waals surface area contributed by atoms with Crippen LogP contribution in [-0.2, 0) is 9.53 Å². The first-order valence-corrected chi connectivity index (χ1v) is 7.12. The molecule has 0 unspecified atom stereocenters. The number of rotatable bonds is 1. The minimum atomic E-state index is -0.526. The van der Waals surface area contributed by atoms with E-state index in [0.717, 1.165) is 5.56 Å². The van der Waals surface area contributed by atoms with Crippen molar-refractivity contribution in [1.82, 2.24) is 4.90 Å². The van der Waals surface area contributed by atoms with Crippen molar-refractivity contribution in [2.75, 3.05) is 13.1 Å². The van der Waals surface area contributed by atoms with Gasteiger partial charge in [-0.2, -0.15) is 0 Å². The van der Waals surface area contributed by atoms with Crippen molar-refractivity contribution >= 4 is 18.0 Å². The summed E-state index contributed by atoms with van der Waals surface area (Å²) in [6.45, 7) is 6.23. The van der Waals surface area contributed by atoms with Crippen molar-refractivity contribution < 1.29 is 14.3 Å². The van der Waals surface area contributed by atoms with Gasteiger partial charge < -0.3 is 9.64 Å². The van der Waals surface area contributed by atoms with E-state index in [2.05, 4.69) is 0 Å². The summed E-state index contributed by atoms with van der Waals surface area (Å²) in [6, 6.07) is 9.65. The first-order valence-electron chi connectivity index (χ1n) is 7.12. The molecule has 21 heavy (non-hydrogen) atoms. The Morgan fingerprint density at radius 2 is 1.90 bits per heavy atom. The average molecular weight is 287 g/mol. The van der Waals surface area contributed by atoms with Crippen LogP contribution in [0.4, 0.5) is 4.79 Å². The van der Waals surface area contributed by atoms with Gasteiger partial charge in [0, 0.05) is 18.5 Å². The molecular formula is C17H21NO3. The molecule has 1 heterocycles. The fourth-order valence-electron chi connectivity index (χ4n) is 2.13. The van der Waals surface area contributed by atoms with Crippen molar-refractivity contribution in [3.63, 3.8) is 0 Å². The molecule has 1 amide bonds. The maximum atomic E-state index is 12.1. The lowest BCUT2D eigenvalue weighted by Gasteiger charge is -2.30. The molecular weight excluding hydrogens is 266 g/mol. The van der Waals surface area contributed by atoms with Crippen LogP contribution in [0.25, 0.3) is 6.08 Å². The molecule has 0 aromatic heterocycles. The third-order valence-corrected chi connectivity index (χ3v) is 3.12. The summed E-state index contributed by atoms with van der Waals surface area (Å²) >= 11 is 0. The number of likely N-dealkylation sites (tertiary alicyclic amines) is 1. The van der Waals surface area contributed by atoms with Crippen LogP contribution in [0.1, 0.15) is 32.8 Å². The molecule has 0 radical (unpaired) electrons. The summed E-state index contributed by atoms with van der Waals surface area (Å²) in [5, 5.41) is 0. The van der Waals surface area contributed by atoms with Crippen molar-refractivity contribution in [2.24, 2.45) is 0 Å². The van der Waals surface area contributed by atoms with Crippen LogP contribution in [0.5, 0.6) is 0 Å². The zero-order valence-electron chi connectivity index (χ0n) is 12.8. The third kappa shape index (κ3) is 4.45. The second-order valence-electron chi connectivity index (χ2n) is 6.16. The van der Waals surface area contributed by atoms with Crippen molar-refractivity contribution in [3.05, 3.63) is 41.5 Å². The molecule has 1 saturated heterocycles. The molecule has 1 aromatic carbocycles. The van der Waals surface area contributed by atoms with E-state index in [4.69, 9.17) is 4.74 Å². The number of ether oxygens (including phenoxy) is 1. The Morgan fingerprint density at radius 1 is 1.24 bits per heavy atom. The molecule has 0 saturated carbocycles. The minimum absolute atomic E-state index is 0.0960. The second kappa shape index (κ2) is 6.12. The normalized spacial score (nSPS) is 18.0. The van der Waals surface area contributed by atoms with E-state index in [1.54, 1.807) is 4.90 Å². The van der Waals surface area contributed by atoms with Gasteiger partial charge in [0.1, 0.15) is 5.60 Å². The van der Waals surface area contributed by atoms with Crippen molar-refractivity contribution in [3.8, 4) is 0 Å². The molecule has 1 aromatic rings. The maximum Gasteiger partial charge on any atom is 0.410 e. The number of Topliss-reactive ketones (excluding diaryl/α,β-unsaturated/α-hetero) is 1. The number of hydrogen-bond acceptors (Lipinski definition) is 3. The van der Waals surface area contributed by atoms with Gasteiger partial charge in [-0.25, -0.2) is 4.79 Å². The fourth-order valence-corrected chi connectivity index (χ4v) is 2.13. The molecule has 0 atom stereocenters.